The molecule has 2 nitrogen and oxygen atoms in total. The zero-order valence-corrected chi connectivity index (χ0v) is 10.8. The number of Topliss-reactive ketones (excluding diaryl/α,β-unsaturated/α-hetero) is 1. The Labute approximate surface area is 106 Å². The smallest absolute Gasteiger partial charge is 0.168 e. The minimum Gasteiger partial charge on any atom is -0.399 e. The fourth-order valence-corrected chi connectivity index (χ4v) is 2.86. The van der Waals surface area contributed by atoms with Crippen molar-refractivity contribution in [2.24, 2.45) is 0 Å². The molecule has 16 heavy (non-hydrogen) atoms. The van der Waals surface area contributed by atoms with Gasteiger partial charge in [-0.1, -0.05) is 0 Å². The Morgan fingerprint density at radius 3 is 2.44 bits per heavy atom. The van der Waals surface area contributed by atoms with Crippen molar-refractivity contribution in [2.45, 2.75) is 6.42 Å². The SMILES string of the molecule is Nc1ccc(C(=O)Cc2ccc(Br)s2)cc1. The molecule has 0 amide bonds. The molecule has 0 saturated heterocycles. The zero-order valence-electron chi connectivity index (χ0n) is 8.44. The summed E-state index contributed by atoms with van der Waals surface area (Å²) in [7, 11) is 0. The van der Waals surface area contributed by atoms with Crippen molar-refractivity contribution < 1.29 is 4.79 Å². The highest BCUT2D eigenvalue weighted by Crippen LogP contribution is 2.23. The number of hydrogen-bond donors (Lipinski definition) is 1. The van der Waals surface area contributed by atoms with Crippen LogP contribution in [0.3, 0.4) is 0 Å². The van der Waals surface area contributed by atoms with Crippen LogP contribution < -0.4 is 5.73 Å². The lowest BCUT2D eigenvalue weighted by Gasteiger charge is -1.99. The van der Waals surface area contributed by atoms with E-state index >= 15 is 0 Å². The van der Waals surface area contributed by atoms with Crippen LogP contribution in [0, 0.1) is 0 Å². The van der Waals surface area contributed by atoms with Gasteiger partial charge in [-0.05, 0) is 52.3 Å². The lowest BCUT2D eigenvalue weighted by Crippen LogP contribution is -2.02. The fourth-order valence-electron chi connectivity index (χ4n) is 1.38. The van der Waals surface area contributed by atoms with Gasteiger partial charge in [0.05, 0.1) is 3.79 Å². The second-order valence-corrected chi connectivity index (χ2v) is 5.98. The van der Waals surface area contributed by atoms with Gasteiger partial charge in [0.25, 0.3) is 0 Å². The van der Waals surface area contributed by atoms with E-state index in [1.54, 1.807) is 35.6 Å². The third-order valence-corrected chi connectivity index (χ3v) is 3.82. The molecule has 0 bridgehead atoms. The van der Waals surface area contributed by atoms with Crippen LogP contribution in [0.5, 0.6) is 0 Å². The van der Waals surface area contributed by atoms with Crippen molar-refractivity contribution in [1.82, 2.24) is 0 Å². The maximum atomic E-state index is 11.9. The maximum Gasteiger partial charge on any atom is 0.168 e. The average molecular weight is 296 g/mol. The standard InChI is InChI=1S/C12H10BrNOS/c13-12-6-5-10(16-12)7-11(15)8-1-3-9(14)4-2-8/h1-6H,7,14H2. The van der Waals surface area contributed by atoms with Crippen LogP contribution in [0.25, 0.3) is 0 Å². The summed E-state index contributed by atoms with van der Waals surface area (Å²) >= 11 is 4.96. The number of carbonyl (C=O) groups excluding carboxylic acids is 1. The molecule has 82 valence electrons. The van der Waals surface area contributed by atoms with Gasteiger partial charge in [-0.2, -0.15) is 0 Å². The molecule has 0 aliphatic carbocycles. The van der Waals surface area contributed by atoms with Gasteiger partial charge in [0.15, 0.2) is 5.78 Å². The van der Waals surface area contributed by atoms with E-state index in [0.29, 0.717) is 17.7 Å². The monoisotopic (exact) mass is 295 g/mol. The van der Waals surface area contributed by atoms with E-state index in [2.05, 4.69) is 15.9 Å². The highest BCUT2D eigenvalue weighted by atomic mass is 79.9. The first-order valence-corrected chi connectivity index (χ1v) is 6.39. The minimum atomic E-state index is 0.120. The summed E-state index contributed by atoms with van der Waals surface area (Å²) in [6.07, 6.45) is 0.445. The third-order valence-electron chi connectivity index (χ3n) is 2.20. The van der Waals surface area contributed by atoms with Gasteiger partial charge in [0.1, 0.15) is 0 Å². The van der Waals surface area contributed by atoms with E-state index in [-0.39, 0.29) is 5.78 Å². The van der Waals surface area contributed by atoms with Gasteiger partial charge in [0.2, 0.25) is 0 Å². The lowest BCUT2D eigenvalue weighted by molar-refractivity contribution is 0.0994. The maximum absolute atomic E-state index is 11.9. The van der Waals surface area contributed by atoms with Gasteiger partial charge >= 0.3 is 0 Å². The number of thiophene rings is 1. The number of anilines is 1. The molecule has 2 rings (SSSR count). The number of nitrogens with two attached hydrogens (primary N) is 1. The summed E-state index contributed by atoms with van der Waals surface area (Å²) in [5.74, 6) is 0.120. The van der Waals surface area contributed by atoms with Crippen molar-refractivity contribution in [2.75, 3.05) is 5.73 Å². The number of hydrogen-bond acceptors (Lipinski definition) is 3. The molecule has 2 N–H and O–H groups in total. The molecular weight excluding hydrogens is 286 g/mol. The topological polar surface area (TPSA) is 43.1 Å². The van der Waals surface area contributed by atoms with Gasteiger partial charge in [-0.15, -0.1) is 11.3 Å². The molecule has 0 radical (unpaired) electrons. The molecule has 0 atom stereocenters. The number of rotatable bonds is 3. The van der Waals surface area contributed by atoms with E-state index in [0.717, 1.165) is 8.66 Å². The Balaban J connectivity index is 2.11. The van der Waals surface area contributed by atoms with Crippen LogP contribution in [0.2, 0.25) is 0 Å². The van der Waals surface area contributed by atoms with E-state index in [1.807, 2.05) is 12.1 Å². The highest BCUT2D eigenvalue weighted by molar-refractivity contribution is 9.11. The van der Waals surface area contributed by atoms with E-state index in [1.165, 1.54) is 0 Å². The molecule has 0 unspecified atom stereocenters. The number of carbonyl (C=O) groups is 1. The molecule has 0 fully saturated rings. The summed E-state index contributed by atoms with van der Waals surface area (Å²) in [5, 5.41) is 0. The second kappa shape index (κ2) is 4.80. The average Bonchev–Trinajstić information content (AvgIpc) is 2.65. The Bertz CT molecular complexity index is 504. The molecule has 0 aliphatic rings. The second-order valence-electron chi connectivity index (χ2n) is 3.43. The highest BCUT2D eigenvalue weighted by Gasteiger charge is 2.08. The van der Waals surface area contributed by atoms with Crippen LogP contribution in [0.1, 0.15) is 15.2 Å². The Kier molecular flexibility index (Phi) is 3.41. The van der Waals surface area contributed by atoms with Crippen molar-refractivity contribution >= 4 is 38.7 Å². The van der Waals surface area contributed by atoms with Crippen molar-refractivity contribution in [1.29, 1.82) is 0 Å². The van der Waals surface area contributed by atoms with Crippen LogP contribution >= 0.6 is 27.3 Å². The molecular formula is C12H10BrNOS. The molecule has 0 spiro atoms. The summed E-state index contributed by atoms with van der Waals surface area (Å²) in [6, 6.07) is 10.9. The van der Waals surface area contributed by atoms with Gasteiger partial charge in [-0.25, -0.2) is 0 Å². The fraction of sp³-hybridized carbons (Fsp3) is 0.0833. The van der Waals surface area contributed by atoms with Crippen LogP contribution in [0.15, 0.2) is 40.2 Å². The quantitative estimate of drug-likeness (QED) is 0.695. The zero-order chi connectivity index (χ0) is 11.5. The van der Waals surface area contributed by atoms with Gasteiger partial charge in [-0.3, -0.25) is 4.79 Å². The van der Waals surface area contributed by atoms with Crippen molar-refractivity contribution in [3.8, 4) is 0 Å². The summed E-state index contributed by atoms with van der Waals surface area (Å²) < 4.78 is 1.05. The van der Waals surface area contributed by atoms with Crippen LogP contribution in [-0.4, -0.2) is 5.78 Å². The van der Waals surface area contributed by atoms with Gasteiger partial charge < -0.3 is 5.73 Å². The molecule has 1 aromatic heterocycles. The number of halogens is 1. The summed E-state index contributed by atoms with van der Waals surface area (Å²) in [4.78, 5) is 12.9. The summed E-state index contributed by atoms with van der Waals surface area (Å²) in [6.45, 7) is 0. The molecule has 0 saturated carbocycles. The molecule has 4 heteroatoms. The molecule has 0 aliphatic heterocycles. The summed E-state index contributed by atoms with van der Waals surface area (Å²) in [5.41, 5.74) is 6.95. The van der Waals surface area contributed by atoms with E-state index < -0.39 is 0 Å². The van der Waals surface area contributed by atoms with Crippen LogP contribution in [-0.2, 0) is 6.42 Å². The number of nitrogen functional groups attached to an aromatic ring is 1. The first-order chi connectivity index (χ1) is 7.65. The predicted molar refractivity (Wildman–Crippen MR) is 70.9 cm³/mol. The largest absolute Gasteiger partial charge is 0.399 e. The first-order valence-electron chi connectivity index (χ1n) is 4.78. The van der Waals surface area contributed by atoms with E-state index in [9.17, 15) is 4.79 Å². The first kappa shape index (κ1) is 11.4. The minimum absolute atomic E-state index is 0.120. The van der Waals surface area contributed by atoms with E-state index in [4.69, 9.17) is 5.73 Å². The Hall–Kier alpha value is -1.13. The number of ketones is 1. The van der Waals surface area contributed by atoms with Crippen LogP contribution in [0.4, 0.5) is 5.69 Å². The molecule has 1 aromatic carbocycles. The van der Waals surface area contributed by atoms with Crippen molar-refractivity contribution in [3.05, 3.63) is 50.6 Å². The Morgan fingerprint density at radius 2 is 1.88 bits per heavy atom. The molecule has 2 aromatic rings. The third kappa shape index (κ3) is 2.71. The van der Waals surface area contributed by atoms with Crippen molar-refractivity contribution in [3.63, 3.8) is 0 Å². The predicted octanol–water partition coefficient (Wildman–Crippen LogP) is 3.52. The number of benzene rings is 1. The molecule has 1 heterocycles. The Morgan fingerprint density at radius 1 is 1.19 bits per heavy atom. The lowest BCUT2D eigenvalue weighted by atomic mass is 10.1. The normalized spacial score (nSPS) is 10.3. The van der Waals surface area contributed by atoms with Gasteiger partial charge in [0, 0.05) is 22.5 Å².